The Morgan fingerprint density at radius 2 is 2.50 bits per heavy atom. The van der Waals surface area contributed by atoms with Crippen molar-refractivity contribution in [2.45, 2.75) is 25.0 Å². The molecule has 0 radical (unpaired) electrons. The maximum Gasteiger partial charge on any atom is 0.319 e. The topological polar surface area (TPSA) is 43.4 Å². The van der Waals surface area contributed by atoms with Gasteiger partial charge in [-0.15, -0.1) is 11.8 Å². The molecule has 3 nitrogen and oxygen atoms in total. The van der Waals surface area contributed by atoms with Crippen LogP contribution >= 0.6 is 11.8 Å². The van der Waals surface area contributed by atoms with E-state index in [1.807, 2.05) is 6.92 Å². The van der Waals surface area contributed by atoms with E-state index in [0.717, 1.165) is 6.42 Å². The van der Waals surface area contributed by atoms with Crippen LogP contribution in [0.1, 0.15) is 19.8 Å². The van der Waals surface area contributed by atoms with Gasteiger partial charge in [0, 0.05) is 12.8 Å². The summed E-state index contributed by atoms with van der Waals surface area (Å²) < 4.78 is 4.76. The van der Waals surface area contributed by atoms with Crippen LogP contribution in [-0.4, -0.2) is 29.4 Å². The predicted molar refractivity (Wildman–Crippen MR) is 47.1 cm³/mol. The fourth-order valence-electron chi connectivity index (χ4n) is 0.924. The number of Topliss-reactive ketones (excluding diaryl/α,β-unsaturated/α-hetero) is 1. The average molecular weight is 188 g/mol. The molecule has 0 spiro atoms. The van der Waals surface area contributed by atoms with Crippen molar-refractivity contribution >= 4 is 23.5 Å². The Bertz CT molecular complexity index is 191. The molecule has 1 rings (SSSR count). The first-order valence-corrected chi connectivity index (χ1v) is 5.09. The summed E-state index contributed by atoms with van der Waals surface area (Å²) in [6.07, 6.45) is 1.30. The second kappa shape index (κ2) is 4.50. The van der Waals surface area contributed by atoms with Crippen LogP contribution in [0.5, 0.6) is 0 Å². The number of hydrogen-bond acceptors (Lipinski definition) is 4. The van der Waals surface area contributed by atoms with Gasteiger partial charge in [0.1, 0.15) is 11.0 Å². The molecule has 0 saturated carbocycles. The van der Waals surface area contributed by atoms with Crippen molar-refractivity contribution in [2.75, 3.05) is 12.4 Å². The van der Waals surface area contributed by atoms with E-state index in [4.69, 9.17) is 4.74 Å². The second-order valence-corrected chi connectivity index (χ2v) is 3.84. The Labute approximate surface area is 75.8 Å². The summed E-state index contributed by atoms with van der Waals surface area (Å²) in [6.45, 7) is 2.34. The summed E-state index contributed by atoms with van der Waals surface area (Å²) in [7, 11) is 0. The molecule has 1 fully saturated rings. The molecule has 12 heavy (non-hydrogen) atoms. The molecule has 1 heterocycles. The third-order valence-electron chi connectivity index (χ3n) is 1.73. The lowest BCUT2D eigenvalue weighted by atomic mass is 10.3. The fourth-order valence-corrected chi connectivity index (χ4v) is 1.98. The molecule has 0 aromatic heterocycles. The number of thioether (sulfide) groups is 1. The number of carbonyl (C=O) groups excluding carboxylic acids is 2. The van der Waals surface area contributed by atoms with Gasteiger partial charge in [0.2, 0.25) is 0 Å². The number of rotatable bonds is 4. The van der Waals surface area contributed by atoms with Crippen molar-refractivity contribution in [3.8, 4) is 0 Å². The highest BCUT2D eigenvalue weighted by molar-refractivity contribution is 8.01. The number of carbonyl (C=O) groups is 2. The summed E-state index contributed by atoms with van der Waals surface area (Å²) >= 11 is 1.40. The highest BCUT2D eigenvalue weighted by Gasteiger charge is 2.26. The van der Waals surface area contributed by atoms with Crippen LogP contribution in [0.3, 0.4) is 0 Å². The zero-order valence-electron chi connectivity index (χ0n) is 7.04. The number of cyclic esters (lactones) is 1. The molecule has 1 saturated heterocycles. The van der Waals surface area contributed by atoms with Gasteiger partial charge < -0.3 is 4.74 Å². The smallest absolute Gasteiger partial charge is 0.319 e. The Morgan fingerprint density at radius 1 is 1.75 bits per heavy atom. The largest absolute Gasteiger partial charge is 0.465 e. The molecule has 1 unspecified atom stereocenters. The van der Waals surface area contributed by atoms with E-state index >= 15 is 0 Å². The van der Waals surface area contributed by atoms with Gasteiger partial charge in [-0.2, -0.15) is 0 Å². The summed E-state index contributed by atoms with van der Waals surface area (Å²) in [4.78, 5) is 21.8. The van der Waals surface area contributed by atoms with Gasteiger partial charge in [0.05, 0.1) is 12.4 Å². The zero-order valence-corrected chi connectivity index (χ0v) is 7.86. The molecule has 0 aromatic rings. The molecule has 1 aliphatic heterocycles. The quantitative estimate of drug-likeness (QED) is 0.618. The Kier molecular flexibility index (Phi) is 3.59. The van der Waals surface area contributed by atoms with Crippen molar-refractivity contribution in [3.63, 3.8) is 0 Å². The highest BCUT2D eigenvalue weighted by atomic mass is 32.2. The lowest BCUT2D eigenvalue weighted by Gasteiger charge is -2.02. The fraction of sp³-hybridized carbons (Fsp3) is 0.750. The van der Waals surface area contributed by atoms with Crippen molar-refractivity contribution in [1.29, 1.82) is 0 Å². The summed E-state index contributed by atoms with van der Waals surface area (Å²) in [5.74, 6) is 0.472. The van der Waals surface area contributed by atoms with Crippen molar-refractivity contribution in [1.82, 2.24) is 0 Å². The summed E-state index contributed by atoms with van der Waals surface area (Å²) in [6, 6.07) is 0. The molecule has 68 valence electrons. The average Bonchev–Trinajstić information content (AvgIpc) is 2.47. The first-order valence-electron chi connectivity index (χ1n) is 4.04. The van der Waals surface area contributed by atoms with E-state index < -0.39 is 0 Å². The molecular formula is C8H12O3S. The SMILES string of the molecule is CCC(=O)CSC1CCOC1=O. The maximum absolute atomic E-state index is 10.9. The summed E-state index contributed by atoms with van der Waals surface area (Å²) in [5.41, 5.74) is 0. The predicted octanol–water partition coefficient (Wildman–Crippen LogP) is 1.01. The van der Waals surface area contributed by atoms with Crippen molar-refractivity contribution < 1.29 is 14.3 Å². The number of esters is 1. The Balaban J connectivity index is 2.22. The van der Waals surface area contributed by atoms with Gasteiger partial charge in [-0.25, -0.2) is 0 Å². The molecule has 4 heteroatoms. The molecule has 0 aromatic carbocycles. The minimum atomic E-state index is -0.163. The molecule has 0 aliphatic carbocycles. The first-order chi connectivity index (χ1) is 5.74. The van der Waals surface area contributed by atoms with Gasteiger partial charge in [-0.05, 0) is 0 Å². The molecular weight excluding hydrogens is 176 g/mol. The van der Waals surface area contributed by atoms with Gasteiger partial charge >= 0.3 is 5.97 Å². The highest BCUT2D eigenvalue weighted by Crippen LogP contribution is 2.21. The van der Waals surface area contributed by atoms with Crippen LogP contribution in [0, 0.1) is 0 Å². The van der Waals surface area contributed by atoms with Crippen LogP contribution < -0.4 is 0 Å². The molecule has 1 aliphatic rings. The van der Waals surface area contributed by atoms with Crippen LogP contribution in [0.2, 0.25) is 0 Å². The zero-order chi connectivity index (χ0) is 8.97. The Morgan fingerprint density at radius 3 is 3.00 bits per heavy atom. The van der Waals surface area contributed by atoms with E-state index in [1.54, 1.807) is 0 Å². The molecule has 0 N–H and O–H groups in total. The number of ether oxygens (including phenoxy) is 1. The normalized spacial score (nSPS) is 22.4. The van der Waals surface area contributed by atoms with Crippen molar-refractivity contribution in [3.05, 3.63) is 0 Å². The van der Waals surface area contributed by atoms with Crippen LogP contribution in [-0.2, 0) is 14.3 Å². The van der Waals surface area contributed by atoms with Gasteiger partial charge in [0.25, 0.3) is 0 Å². The van der Waals surface area contributed by atoms with Gasteiger partial charge in [0.15, 0.2) is 0 Å². The minimum Gasteiger partial charge on any atom is -0.465 e. The van der Waals surface area contributed by atoms with Crippen LogP contribution in [0.15, 0.2) is 0 Å². The third kappa shape index (κ3) is 2.52. The van der Waals surface area contributed by atoms with E-state index in [9.17, 15) is 9.59 Å². The lowest BCUT2D eigenvalue weighted by molar-refractivity contribution is -0.137. The second-order valence-electron chi connectivity index (χ2n) is 2.65. The monoisotopic (exact) mass is 188 g/mol. The minimum absolute atomic E-state index is 0.0968. The summed E-state index contributed by atoms with van der Waals surface area (Å²) in [5, 5.41) is -0.0968. The third-order valence-corrected chi connectivity index (χ3v) is 3.05. The lowest BCUT2D eigenvalue weighted by Crippen LogP contribution is -2.12. The standard InChI is InChI=1S/C8H12O3S/c1-2-6(9)5-12-7-3-4-11-8(7)10/h7H,2-5H2,1H3. The van der Waals surface area contributed by atoms with E-state index in [2.05, 4.69) is 0 Å². The number of ketones is 1. The maximum atomic E-state index is 10.9. The molecule has 1 atom stereocenters. The molecule has 0 bridgehead atoms. The van der Waals surface area contributed by atoms with E-state index in [0.29, 0.717) is 18.8 Å². The van der Waals surface area contributed by atoms with Crippen LogP contribution in [0.25, 0.3) is 0 Å². The first kappa shape index (κ1) is 9.58. The van der Waals surface area contributed by atoms with E-state index in [-0.39, 0.29) is 17.0 Å². The molecule has 0 amide bonds. The van der Waals surface area contributed by atoms with Crippen molar-refractivity contribution in [2.24, 2.45) is 0 Å². The van der Waals surface area contributed by atoms with Gasteiger partial charge in [-0.3, -0.25) is 9.59 Å². The number of hydrogen-bond donors (Lipinski definition) is 0. The van der Waals surface area contributed by atoms with E-state index in [1.165, 1.54) is 11.8 Å². The van der Waals surface area contributed by atoms with Gasteiger partial charge in [-0.1, -0.05) is 6.92 Å². The Hall–Kier alpha value is -0.510. The van der Waals surface area contributed by atoms with Crippen LogP contribution in [0.4, 0.5) is 0 Å².